The van der Waals surface area contributed by atoms with E-state index in [0.717, 1.165) is 33.2 Å². The standard InChI is InChI=1S/C36H32GeNO/c1-23-10-17-30-32-20-27-12-11-25-8-6-7-9-29(25)31(27)22-34(32)39-36(30)35(23)33-21-26(18-19-38(33)5)24-13-15-28(16-14-24)37(2,3)4/h6-22H,1-5H3/q+1. The molecular formula is C36H32GeNO+. The molecule has 0 aliphatic carbocycles. The summed E-state index contributed by atoms with van der Waals surface area (Å²) < 4.78 is 10.5. The Labute approximate surface area is 231 Å². The van der Waals surface area contributed by atoms with Crippen LogP contribution in [0.2, 0.25) is 17.3 Å². The van der Waals surface area contributed by atoms with Gasteiger partial charge >= 0.3 is 175 Å². The molecule has 2 aromatic heterocycles. The molecule has 39 heavy (non-hydrogen) atoms. The van der Waals surface area contributed by atoms with Crippen molar-refractivity contribution < 1.29 is 8.98 Å². The number of hydrogen-bond acceptors (Lipinski definition) is 1. The van der Waals surface area contributed by atoms with Crippen LogP contribution in [0.3, 0.4) is 0 Å². The molecule has 7 aromatic rings. The summed E-state index contributed by atoms with van der Waals surface area (Å²) in [4.78, 5) is 0. The van der Waals surface area contributed by atoms with Crippen LogP contribution in [0, 0.1) is 6.92 Å². The van der Waals surface area contributed by atoms with Crippen LogP contribution < -0.4 is 8.96 Å². The SMILES string of the molecule is Cc1ccc2c(oc3cc4c(ccc5ccccc54)cc32)c1-c1cc(-c2cc[c]([Ge]([CH3])([CH3])[CH3])cc2)cc[n+]1C. The average molecular weight is 567 g/mol. The molecular weight excluding hydrogens is 535 g/mol. The molecule has 0 amide bonds. The third-order valence-electron chi connectivity index (χ3n) is 8.20. The van der Waals surface area contributed by atoms with Crippen molar-refractivity contribution in [3.8, 4) is 22.4 Å². The summed E-state index contributed by atoms with van der Waals surface area (Å²) in [6.07, 6.45) is 2.17. The normalized spacial score (nSPS) is 12.2. The Morgan fingerprint density at radius 3 is 2.21 bits per heavy atom. The molecule has 2 nitrogen and oxygen atoms in total. The van der Waals surface area contributed by atoms with Crippen molar-refractivity contribution in [2.75, 3.05) is 0 Å². The van der Waals surface area contributed by atoms with Gasteiger partial charge in [0.2, 0.25) is 0 Å². The first-order valence-corrected chi connectivity index (χ1v) is 21.0. The first-order valence-electron chi connectivity index (χ1n) is 13.7. The number of benzene rings is 5. The van der Waals surface area contributed by atoms with Crippen LogP contribution in [0.5, 0.6) is 0 Å². The molecule has 0 radical (unpaired) electrons. The van der Waals surface area contributed by atoms with Crippen LogP contribution in [0.25, 0.3) is 65.9 Å². The van der Waals surface area contributed by atoms with E-state index in [4.69, 9.17) is 4.42 Å². The molecule has 0 saturated heterocycles. The molecule has 3 heteroatoms. The first-order chi connectivity index (χ1) is 18.8. The fourth-order valence-electron chi connectivity index (χ4n) is 5.92. The van der Waals surface area contributed by atoms with Gasteiger partial charge in [-0.1, -0.05) is 36.4 Å². The van der Waals surface area contributed by atoms with Gasteiger partial charge in [0, 0.05) is 0 Å². The Balaban J connectivity index is 1.44. The van der Waals surface area contributed by atoms with E-state index in [-0.39, 0.29) is 0 Å². The zero-order valence-electron chi connectivity index (χ0n) is 23.2. The van der Waals surface area contributed by atoms with Gasteiger partial charge in [-0.3, -0.25) is 0 Å². The van der Waals surface area contributed by atoms with Gasteiger partial charge in [0.1, 0.15) is 0 Å². The third kappa shape index (κ3) is 3.97. The molecule has 7 rings (SSSR count). The van der Waals surface area contributed by atoms with Crippen LogP contribution in [0.1, 0.15) is 5.56 Å². The van der Waals surface area contributed by atoms with Gasteiger partial charge in [-0.2, -0.15) is 0 Å². The van der Waals surface area contributed by atoms with Gasteiger partial charge in [-0.25, -0.2) is 0 Å². The van der Waals surface area contributed by atoms with Crippen molar-refractivity contribution in [3.05, 3.63) is 109 Å². The van der Waals surface area contributed by atoms with Crippen LogP contribution in [0.15, 0.2) is 108 Å². The summed E-state index contributed by atoms with van der Waals surface area (Å²) in [5.74, 6) is 7.33. The summed E-state index contributed by atoms with van der Waals surface area (Å²) in [6, 6.07) is 35.7. The zero-order chi connectivity index (χ0) is 26.9. The van der Waals surface area contributed by atoms with Crippen molar-refractivity contribution in [1.29, 1.82) is 0 Å². The fourth-order valence-corrected chi connectivity index (χ4v) is 8.37. The molecule has 0 N–H and O–H groups in total. The van der Waals surface area contributed by atoms with E-state index in [1.807, 2.05) is 0 Å². The number of aromatic nitrogens is 1. The Morgan fingerprint density at radius 1 is 0.641 bits per heavy atom. The Bertz CT molecular complexity index is 2060. The maximum absolute atomic E-state index is 6.72. The van der Waals surface area contributed by atoms with E-state index in [9.17, 15) is 0 Å². The average Bonchev–Trinajstić information content (AvgIpc) is 3.29. The second kappa shape index (κ2) is 8.82. The Kier molecular flexibility index (Phi) is 5.47. The van der Waals surface area contributed by atoms with Gasteiger partial charge in [-0.15, -0.1) is 0 Å². The molecule has 0 aliphatic heterocycles. The number of rotatable bonds is 3. The first kappa shape index (κ1) is 24.2. The number of fused-ring (bicyclic) bond motifs is 6. The number of nitrogens with zero attached hydrogens (tertiary/aromatic N) is 1. The molecule has 0 fully saturated rings. The van der Waals surface area contributed by atoms with Crippen molar-refractivity contribution in [2.24, 2.45) is 7.05 Å². The number of aryl methyl sites for hydroxylation is 2. The van der Waals surface area contributed by atoms with Gasteiger partial charge in [0.05, 0.1) is 0 Å². The summed E-state index contributed by atoms with van der Waals surface area (Å²) in [5.41, 5.74) is 7.88. The second-order valence-electron chi connectivity index (χ2n) is 11.8. The van der Waals surface area contributed by atoms with Crippen LogP contribution in [-0.4, -0.2) is 13.3 Å². The van der Waals surface area contributed by atoms with E-state index in [0.29, 0.717) is 0 Å². The van der Waals surface area contributed by atoms with Crippen LogP contribution in [0.4, 0.5) is 0 Å². The minimum absolute atomic E-state index is 0.933. The molecule has 2 heterocycles. The minimum atomic E-state index is -1.85. The molecule has 0 unspecified atom stereocenters. The Hall–Kier alpha value is -3.89. The molecule has 0 spiro atoms. The van der Waals surface area contributed by atoms with E-state index in [1.165, 1.54) is 42.6 Å². The number of pyridine rings is 1. The van der Waals surface area contributed by atoms with Gasteiger partial charge in [-0.05, 0) is 21.5 Å². The number of furan rings is 1. The molecule has 0 aliphatic rings. The predicted molar refractivity (Wildman–Crippen MR) is 168 cm³/mol. The molecule has 0 bridgehead atoms. The van der Waals surface area contributed by atoms with Crippen molar-refractivity contribution in [3.63, 3.8) is 0 Å². The maximum atomic E-state index is 6.72. The topological polar surface area (TPSA) is 17.0 Å². The molecule has 190 valence electrons. The zero-order valence-corrected chi connectivity index (χ0v) is 25.3. The van der Waals surface area contributed by atoms with Crippen molar-refractivity contribution >= 4 is 61.1 Å². The van der Waals surface area contributed by atoms with E-state index < -0.39 is 13.3 Å². The van der Waals surface area contributed by atoms with Gasteiger partial charge < -0.3 is 0 Å². The summed E-state index contributed by atoms with van der Waals surface area (Å²) in [5, 5.41) is 7.30. The monoisotopic (exact) mass is 568 g/mol. The van der Waals surface area contributed by atoms with Crippen molar-refractivity contribution in [1.82, 2.24) is 0 Å². The van der Waals surface area contributed by atoms with Crippen LogP contribution >= 0.6 is 0 Å². The summed E-state index contributed by atoms with van der Waals surface area (Å²) in [6.45, 7) is 2.18. The summed E-state index contributed by atoms with van der Waals surface area (Å²) in [7, 11) is 2.12. The Morgan fingerprint density at radius 2 is 1.41 bits per heavy atom. The van der Waals surface area contributed by atoms with Gasteiger partial charge in [0.15, 0.2) is 0 Å². The van der Waals surface area contributed by atoms with E-state index >= 15 is 0 Å². The molecule has 5 aromatic carbocycles. The third-order valence-corrected chi connectivity index (χ3v) is 12.5. The second-order valence-corrected chi connectivity index (χ2v) is 22.5. The van der Waals surface area contributed by atoms with Crippen molar-refractivity contribution in [2.45, 2.75) is 24.2 Å². The van der Waals surface area contributed by atoms with Gasteiger partial charge in [0.25, 0.3) is 0 Å². The fraction of sp³-hybridized carbons (Fsp3) is 0.139. The predicted octanol–water partition coefficient (Wildman–Crippen LogP) is 8.90. The summed E-state index contributed by atoms with van der Waals surface area (Å²) >= 11 is -1.85. The molecule has 0 saturated carbocycles. The number of hydrogen-bond donors (Lipinski definition) is 0. The quantitative estimate of drug-likeness (QED) is 0.118. The van der Waals surface area contributed by atoms with E-state index in [1.54, 1.807) is 0 Å². The van der Waals surface area contributed by atoms with E-state index in [2.05, 4.69) is 139 Å². The van der Waals surface area contributed by atoms with Crippen LogP contribution in [-0.2, 0) is 7.05 Å². The molecule has 0 atom stereocenters.